The molecule has 1 rings (SSSR count). The molecule has 0 unspecified atom stereocenters. The molecule has 0 aliphatic rings. The van der Waals surface area contributed by atoms with Crippen molar-refractivity contribution in [1.29, 1.82) is 0 Å². The summed E-state index contributed by atoms with van der Waals surface area (Å²) in [4.78, 5) is 22.3. The van der Waals surface area contributed by atoms with Gasteiger partial charge in [-0.25, -0.2) is 13.2 Å². The third kappa shape index (κ3) is 4.04. The lowest BCUT2D eigenvalue weighted by Gasteiger charge is -2.12. The van der Waals surface area contributed by atoms with Gasteiger partial charge in [-0.1, -0.05) is 15.9 Å². The topological polar surface area (TPSA) is 86.7 Å². The molecule has 0 spiro atoms. The molecule has 0 aliphatic carbocycles. The van der Waals surface area contributed by atoms with Crippen LogP contribution in [0.4, 0.5) is 0 Å². The predicted molar refractivity (Wildman–Crippen MR) is 74.1 cm³/mol. The lowest BCUT2D eigenvalue weighted by Crippen LogP contribution is -2.10. The van der Waals surface area contributed by atoms with Crippen molar-refractivity contribution in [2.45, 2.75) is 18.4 Å². The van der Waals surface area contributed by atoms with Crippen LogP contribution in [-0.2, 0) is 30.7 Å². The van der Waals surface area contributed by atoms with Crippen molar-refractivity contribution < 1.29 is 27.5 Å². The molecule has 0 atom stereocenters. The standard InChI is InChI=1S/C12H13BrO6S/c1-7(14)19-6-9-10(13)4-8(12(15)18-2)5-11(9)20(3,16)17/h4-5H,6H2,1-3H3. The summed E-state index contributed by atoms with van der Waals surface area (Å²) in [6.45, 7) is 1.01. The van der Waals surface area contributed by atoms with E-state index in [-0.39, 0.29) is 22.6 Å². The van der Waals surface area contributed by atoms with Crippen molar-refractivity contribution in [3.8, 4) is 0 Å². The smallest absolute Gasteiger partial charge is 0.337 e. The molecule has 20 heavy (non-hydrogen) atoms. The van der Waals surface area contributed by atoms with E-state index in [1.165, 1.54) is 26.2 Å². The van der Waals surface area contributed by atoms with Crippen molar-refractivity contribution in [2.24, 2.45) is 0 Å². The average Bonchev–Trinajstić information content (AvgIpc) is 2.34. The number of ether oxygens (including phenoxy) is 2. The first-order valence-electron chi connectivity index (χ1n) is 5.41. The number of esters is 2. The molecule has 0 saturated heterocycles. The quantitative estimate of drug-likeness (QED) is 0.755. The van der Waals surface area contributed by atoms with Crippen LogP contribution in [0.15, 0.2) is 21.5 Å². The van der Waals surface area contributed by atoms with Crippen LogP contribution in [0.25, 0.3) is 0 Å². The SMILES string of the molecule is COC(=O)c1cc(Br)c(COC(C)=O)c(S(C)(=O)=O)c1. The largest absolute Gasteiger partial charge is 0.465 e. The Labute approximate surface area is 125 Å². The summed E-state index contributed by atoms with van der Waals surface area (Å²) in [5.74, 6) is -1.19. The zero-order valence-electron chi connectivity index (χ0n) is 11.1. The van der Waals surface area contributed by atoms with E-state index in [9.17, 15) is 18.0 Å². The van der Waals surface area contributed by atoms with E-state index in [1.807, 2.05) is 0 Å². The summed E-state index contributed by atoms with van der Waals surface area (Å²) in [5, 5.41) is 0. The summed E-state index contributed by atoms with van der Waals surface area (Å²) in [7, 11) is -2.40. The molecule has 0 saturated carbocycles. The van der Waals surface area contributed by atoms with Gasteiger partial charge in [0.2, 0.25) is 0 Å². The third-order valence-corrected chi connectivity index (χ3v) is 4.27. The lowest BCUT2D eigenvalue weighted by molar-refractivity contribution is -0.142. The fourth-order valence-corrected chi connectivity index (χ4v) is 3.16. The van der Waals surface area contributed by atoms with Gasteiger partial charge in [0.25, 0.3) is 0 Å². The van der Waals surface area contributed by atoms with E-state index >= 15 is 0 Å². The van der Waals surface area contributed by atoms with Gasteiger partial charge < -0.3 is 9.47 Å². The minimum Gasteiger partial charge on any atom is -0.465 e. The van der Waals surface area contributed by atoms with Gasteiger partial charge in [0.05, 0.1) is 17.6 Å². The van der Waals surface area contributed by atoms with Gasteiger partial charge in [-0.15, -0.1) is 0 Å². The van der Waals surface area contributed by atoms with Gasteiger partial charge in [-0.2, -0.15) is 0 Å². The first-order chi connectivity index (χ1) is 9.16. The van der Waals surface area contributed by atoms with Crippen molar-refractivity contribution in [3.05, 3.63) is 27.7 Å². The zero-order chi connectivity index (χ0) is 15.5. The van der Waals surface area contributed by atoms with E-state index in [0.717, 1.165) is 6.26 Å². The zero-order valence-corrected chi connectivity index (χ0v) is 13.5. The number of rotatable bonds is 4. The lowest BCUT2D eigenvalue weighted by atomic mass is 10.1. The van der Waals surface area contributed by atoms with E-state index in [4.69, 9.17) is 4.74 Å². The van der Waals surface area contributed by atoms with Crippen LogP contribution in [0, 0.1) is 0 Å². The fourth-order valence-electron chi connectivity index (χ4n) is 1.49. The minimum absolute atomic E-state index is 0.0892. The van der Waals surface area contributed by atoms with E-state index in [2.05, 4.69) is 20.7 Å². The molecule has 8 heteroatoms. The molecule has 0 radical (unpaired) electrons. The van der Waals surface area contributed by atoms with Crippen molar-refractivity contribution >= 4 is 37.7 Å². The summed E-state index contributed by atoms with van der Waals surface area (Å²) >= 11 is 3.17. The molecule has 0 heterocycles. The van der Waals surface area contributed by atoms with Crippen LogP contribution >= 0.6 is 15.9 Å². The second-order valence-corrected chi connectivity index (χ2v) is 6.82. The molecule has 0 bridgehead atoms. The van der Waals surface area contributed by atoms with Gasteiger partial charge in [-0.05, 0) is 12.1 Å². The maximum atomic E-state index is 11.8. The van der Waals surface area contributed by atoms with Gasteiger partial charge in [0.15, 0.2) is 9.84 Å². The summed E-state index contributed by atoms with van der Waals surface area (Å²) in [6, 6.07) is 2.62. The van der Waals surface area contributed by atoms with Crippen LogP contribution in [0.5, 0.6) is 0 Å². The average molecular weight is 365 g/mol. The summed E-state index contributed by atoms with van der Waals surface area (Å²) in [6.07, 6.45) is 1.01. The Morgan fingerprint density at radius 3 is 2.35 bits per heavy atom. The number of carbonyl (C=O) groups excluding carboxylic acids is 2. The van der Waals surface area contributed by atoms with Gasteiger partial charge >= 0.3 is 11.9 Å². The number of carbonyl (C=O) groups is 2. The van der Waals surface area contributed by atoms with Gasteiger partial charge in [-0.3, -0.25) is 4.79 Å². The Morgan fingerprint density at radius 1 is 1.30 bits per heavy atom. The first kappa shape index (κ1) is 16.6. The summed E-state index contributed by atoms with van der Waals surface area (Å²) < 4.78 is 33.3. The van der Waals surface area contributed by atoms with E-state index in [0.29, 0.717) is 4.47 Å². The first-order valence-corrected chi connectivity index (χ1v) is 8.09. The maximum Gasteiger partial charge on any atom is 0.337 e. The van der Waals surface area contributed by atoms with Crippen molar-refractivity contribution in [1.82, 2.24) is 0 Å². The highest BCUT2D eigenvalue weighted by Crippen LogP contribution is 2.28. The maximum absolute atomic E-state index is 11.8. The summed E-state index contributed by atoms with van der Waals surface area (Å²) in [5.41, 5.74) is 0.363. The number of halogens is 1. The van der Waals surface area contributed by atoms with Crippen LogP contribution < -0.4 is 0 Å². The third-order valence-electron chi connectivity index (χ3n) is 2.39. The van der Waals surface area contributed by atoms with Crippen LogP contribution in [-0.4, -0.2) is 33.7 Å². The Kier molecular flexibility index (Phi) is 5.29. The van der Waals surface area contributed by atoms with E-state index in [1.54, 1.807) is 0 Å². The molecule has 0 aromatic heterocycles. The van der Waals surface area contributed by atoms with Gasteiger partial charge in [0.1, 0.15) is 6.61 Å². The Morgan fingerprint density at radius 2 is 1.90 bits per heavy atom. The number of hydrogen-bond donors (Lipinski definition) is 0. The molecular weight excluding hydrogens is 352 g/mol. The molecule has 1 aromatic carbocycles. The Hall–Kier alpha value is -1.41. The van der Waals surface area contributed by atoms with Crippen LogP contribution in [0.1, 0.15) is 22.8 Å². The minimum atomic E-state index is -3.60. The number of sulfone groups is 1. The van der Waals surface area contributed by atoms with Crippen LogP contribution in [0.3, 0.4) is 0 Å². The van der Waals surface area contributed by atoms with Crippen LogP contribution in [0.2, 0.25) is 0 Å². The monoisotopic (exact) mass is 364 g/mol. The molecule has 0 N–H and O–H groups in total. The Balaban J connectivity index is 3.43. The molecule has 0 fully saturated rings. The van der Waals surface area contributed by atoms with Crippen molar-refractivity contribution in [3.63, 3.8) is 0 Å². The Bertz CT molecular complexity index is 650. The van der Waals surface area contributed by atoms with Gasteiger partial charge in [0, 0.05) is 23.2 Å². The molecule has 0 amide bonds. The predicted octanol–water partition coefficient (Wildman–Crippen LogP) is 1.70. The highest BCUT2D eigenvalue weighted by molar-refractivity contribution is 9.10. The number of benzene rings is 1. The number of methoxy groups -OCH3 is 1. The number of hydrogen-bond acceptors (Lipinski definition) is 6. The fraction of sp³-hybridized carbons (Fsp3) is 0.333. The normalized spacial score (nSPS) is 11.0. The molecule has 110 valence electrons. The molecule has 1 aromatic rings. The van der Waals surface area contributed by atoms with Crippen molar-refractivity contribution in [2.75, 3.05) is 13.4 Å². The second-order valence-electron chi connectivity index (χ2n) is 3.98. The second kappa shape index (κ2) is 6.36. The molecule has 0 aliphatic heterocycles. The highest BCUT2D eigenvalue weighted by Gasteiger charge is 2.21. The van der Waals surface area contributed by atoms with E-state index < -0.39 is 21.8 Å². The molecular formula is C12H13BrO6S. The highest BCUT2D eigenvalue weighted by atomic mass is 79.9. The molecule has 6 nitrogen and oxygen atoms in total.